The molecule has 2 heterocycles. The molecule has 0 spiro atoms. The van der Waals surface area contributed by atoms with Crippen LogP contribution in [0.3, 0.4) is 0 Å². The fourth-order valence-corrected chi connectivity index (χ4v) is 1.40. The second-order valence-corrected chi connectivity index (χ2v) is 3.12. The normalized spacial score (nSPS) is 18.8. The smallest absolute Gasteiger partial charge is 0.152 e. The maximum Gasteiger partial charge on any atom is 0.152 e. The molecular formula is C8H13N3O. The van der Waals surface area contributed by atoms with Crippen molar-refractivity contribution in [2.24, 2.45) is 0 Å². The predicted octanol–water partition coefficient (Wildman–Crippen LogP) is 0.693. The Hall–Kier alpha value is -0.870. The van der Waals surface area contributed by atoms with E-state index in [1.807, 2.05) is 13.0 Å². The lowest BCUT2D eigenvalue weighted by molar-refractivity contribution is 0.212. The molecule has 2 rings (SSSR count). The summed E-state index contributed by atoms with van der Waals surface area (Å²) in [7, 11) is 0. The van der Waals surface area contributed by atoms with Crippen molar-refractivity contribution in [2.45, 2.75) is 19.9 Å². The molecule has 0 amide bonds. The first-order valence-corrected chi connectivity index (χ1v) is 4.25. The first kappa shape index (κ1) is 7.76. The van der Waals surface area contributed by atoms with E-state index in [0.29, 0.717) is 0 Å². The van der Waals surface area contributed by atoms with Gasteiger partial charge in [0, 0.05) is 19.2 Å². The minimum absolute atomic E-state index is 0.820. The van der Waals surface area contributed by atoms with Crippen LogP contribution in [0, 0.1) is 6.92 Å². The fourth-order valence-electron chi connectivity index (χ4n) is 1.40. The van der Waals surface area contributed by atoms with Crippen LogP contribution in [-0.4, -0.2) is 23.3 Å². The van der Waals surface area contributed by atoms with Gasteiger partial charge in [0.05, 0.1) is 12.2 Å². The Morgan fingerprint density at radius 2 is 2.67 bits per heavy atom. The van der Waals surface area contributed by atoms with Crippen molar-refractivity contribution in [3.63, 3.8) is 0 Å². The van der Waals surface area contributed by atoms with Crippen LogP contribution < -0.4 is 5.43 Å². The molecule has 1 aliphatic rings. The van der Waals surface area contributed by atoms with E-state index in [-0.39, 0.29) is 0 Å². The van der Waals surface area contributed by atoms with Gasteiger partial charge in [-0.25, -0.2) is 5.01 Å². The van der Waals surface area contributed by atoms with Gasteiger partial charge in [-0.1, -0.05) is 5.16 Å². The zero-order chi connectivity index (χ0) is 8.39. The molecule has 0 saturated carbocycles. The highest BCUT2D eigenvalue weighted by Gasteiger charge is 2.12. The van der Waals surface area contributed by atoms with Crippen molar-refractivity contribution in [2.75, 3.05) is 13.1 Å². The standard InChI is InChI=1S/C8H13N3O/c1-7-5-8(12-10-7)6-11-4-2-3-9-11/h5,9H,2-4,6H2,1H3. The molecule has 0 aromatic carbocycles. The molecule has 1 aromatic heterocycles. The van der Waals surface area contributed by atoms with Crippen LogP contribution in [0.15, 0.2) is 10.6 Å². The number of rotatable bonds is 2. The quantitative estimate of drug-likeness (QED) is 0.703. The van der Waals surface area contributed by atoms with Crippen molar-refractivity contribution in [1.29, 1.82) is 0 Å². The van der Waals surface area contributed by atoms with Gasteiger partial charge in [0.1, 0.15) is 0 Å². The van der Waals surface area contributed by atoms with E-state index in [9.17, 15) is 0 Å². The number of hydrazine groups is 1. The van der Waals surface area contributed by atoms with Crippen LogP contribution in [-0.2, 0) is 6.54 Å². The molecule has 0 atom stereocenters. The minimum Gasteiger partial charge on any atom is -0.360 e. The Kier molecular flexibility index (Phi) is 2.10. The molecular weight excluding hydrogens is 154 g/mol. The lowest BCUT2D eigenvalue weighted by Crippen LogP contribution is -2.29. The zero-order valence-electron chi connectivity index (χ0n) is 7.21. The van der Waals surface area contributed by atoms with Crippen molar-refractivity contribution in [1.82, 2.24) is 15.6 Å². The van der Waals surface area contributed by atoms with E-state index in [1.165, 1.54) is 6.42 Å². The van der Waals surface area contributed by atoms with Crippen molar-refractivity contribution < 1.29 is 4.52 Å². The molecule has 1 N–H and O–H groups in total. The largest absolute Gasteiger partial charge is 0.360 e. The number of hydrogen-bond acceptors (Lipinski definition) is 4. The Balaban J connectivity index is 1.94. The van der Waals surface area contributed by atoms with Crippen LogP contribution in [0.25, 0.3) is 0 Å². The van der Waals surface area contributed by atoms with Gasteiger partial charge in [0.2, 0.25) is 0 Å². The SMILES string of the molecule is Cc1cc(CN2CCCN2)on1. The molecule has 66 valence electrons. The van der Waals surface area contributed by atoms with E-state index in [2.05, 4.69) is 15.6 Å². The maximum atomic E-state index is 5.09. The monoisotopic (exact) mass is 167 g/mol. The maximum absolute atomic E-state index is 5.09. The first-order valence-electron chi connectivity index (χ1n) is 4.25. The average Bonchev–Trinajstić information content (AvgIpc) is 2.63. The van der Waals surface area contributed by atoms with Gasteiger partial charge >= 0.3 is 0 Å². The summed E-state index contributed by atoms with van der Waals surface area (Å²) >= 11 is 0. The Morgan fingerprint density at radius 1 is 1.75 bits per heavy atom. The molecule has 0 radical (unpaired) electrons. The zero-order valence-corrected chi connectivity index (χ0v) is 7.21. The lowest BCUT2D eigenvalue weighted by Gasteiger charge is -2.11. The molecule has 1 fully saturated rings. The summed E-state index contributed by atoms with van der Waals surface area (Å²) in [6.45, 7) is 4.93. The van der Waals surface area contributed by atoms with Gasteiger partial charge in [-0.05, 0) is 13.3 Å². The Labute approximate surface area is 71.5 Å². The van der Waals surface area contributed by atoms with Crippen molar-refractivity contribution in [3.8, 4) is 0 Å². The summed E-state index contributed by atoms with van der Waals surface area (Å²) < 4.78 is 5.09. The van der Waals surface area contributed by atoms with Crippen LogP contribution >= 0.6 is 0 Å². The molecule has 4 heteroatoms. The predicted molar refractivity (Wildman–Crippen MR) is 44.3 cm³/mol. The van der Waals surface area contributed by atoms with Crippen molar-refractivity contribution >= 4 is 0 Å². The van der Waals surface area contributed by atoms with Gasteiger partial charge in [-0.2, -0.15) is 0 Å². The van der Waals surface area contributed by atoms with Gasteiger partial charge in [0.15, 0.2) is 5.76 Å². The lowest BCUT2D eigenvalue weighted by atomic mass is 10.4. The highest BCUT2D eigenvalue weighted by Crippen LogP contribution is 2.07. The van der Waals surface area contributed by atoms with E-state index >= 15 is 0 Å². The first-order chi connectivity index (χ1) is 5.84. The Bertz CT molecular complexity index is 253. The summed E-state index contributed by atoms with van der Waals surface area (Å²) in [6.07, 6.45) is 1.22. The molecule has 0 aliphatic carbocycles. The summed E-state index contributed by atoms with van der Waals surface area (Å²) in [5.41, 5.74) is 4.21. The van der Waals surface area contributed by atoms with E-state index < -0.39 is 0 Å². The highest BCUT2D eigenvalue weighted by molar-refractivity contribution is 5.02. The second kappa shape index (κ2) is 3.25. The number of aromatic nitrogens is 1. The van der Waals surface area contributed by atoms with Crippen molar-refractivity contribution in [3.05, 3.63) is 17.5 Å². The van der Waals surface area contributed by atoms with Crippen LogP contribution in [0.1, 0.15) is 17.9 Å². The third kappa shape index (κ3) is 1.65. The van der Waals surface area contributed by atoms with Gasteiger partial charge < -0.3 is 4.52 Å². The topological polar surface area (TPSA) is 41.3 Å². The van der Waals surface area contributed by atoms with E-state index in [4.69, 9.17) is 4.52 Å². The number of nitrogens with zero attached hydrogens (tertiary/aromatic N) is 2. The third-order valence-electron chi connectivity index (χ3n) is 1.96. The van der Waals surface area contributed by atoms with Gasteiger partial charge in [-0.3, -0.25) is 5.43 Å². The van der Waals surface area contributed by atoms with Gasteiger partial charge in [0.25, 0.3) is 0 Å². The van der Waals surface area contributed by atoms with E-state index in [0.717, 1.165) is 31.1 Å². The molecule has 1 saturated heterocycles. The molecule has 12 heavy (non-hydrogen) atoms. The number of hydrogen-bond donors (Lipinski definition) is 1. The summed E-state index contributed by atoms with van der Waals surface area (Å²) in [4.78, 5) is 0. The second-order valence-electron chi connectivity index (χ2n) is 3.12. The van der Waals surface area contributed by atoms with Gasteiger partial charge in [-0.15, -0.1) is 0 Å². The summed E-state index contributed by atoms with van der Waals surface area (Å²) in [6, 6.07) is 1.97. The third-order valence-corrected chi connectivity index (χ3v) is 1.96. The number of aryl methyl sites for hydroxylation is 1. The summed E-state index contributed by atoms with van der Waals surface area (Å²) in [5, 5.41) is 5.98. The Morgan fingerprint density at radius 3 is 3.25 bits per heavy atom. The van der Waals surface area contributed by atoms with E-state index in [1.54, 1.807) is 0 Å². The number of nitrogens with one attached hydrogen (secondary N) is 1. The fraction of sp³-hybridized carbons (Fsp3) is 0.625. The molecule has 0 unspecified atom stereocenters. The molecule has 0 bridgehead atoms. The minimum atomic E-state index is 0.820. The average molecular weight is 167 g/mol. The highest BCUT2D eigenvalue weighted by atomic mass is 16.5. The van der Waals surface area contributed by atoms with Crippen LogP contribution in [0.4, 0.5) is 0 Å². The van der Waals surface area contributed by atoms with Crippen LogP contribution in [0.2, 0.25) is 0 Å². The summed E-state index contributed by atoms with van der Waals surface area (Å²) in [5.74, 6) is 0.932. The molecule has 1 aromatic rings. The molecule has 4 nitrogen and oxygen atoms in total. The molecule has 1 aliphatic heterocycles. The van der Waals surface area contributed by atoms with Crippen LogP contribution in [0.5, 0.6) is 0 Å².